The van der Waals surface area contributed by atoms with Gasteiger partial charge in [-0.25, -0.2) is 4.39 Å². The smallest absolute Gasteiger partial charge is 0.276 e. The van der Waals surface area contributed by atoms with Crippen molar-refractivity contribution in [3.63, 3.8) is 0 Å². The third kappa shape index (κ3) is 4.99. The van der Waals surface area contributed by atoms with Crippen molar-refractivity contribution in [2.75, 3.05) is 26.2 Å². The summed E-state index contributed by atoms with van der Waals surface area (Å²) in [4.78, 5) is 28.7. The van der Waals surface area contributed by atoms with Gasteiger partial charge in [0.15, 0.2) is 11.5 Å². The number of benzene rings is 2. The van der Waals surface area contributed by atoms with E-state index in [1.54, 1.807) is 23.1 Å². The van der Waals surface area contributed by atoms with Crippen LogP contribution >= 0.6 is 0 Å². The second-order valence-electron chi connectivity index (χ2n) is 7.57. The van der Waals surface area contributed by atoms with Crippen LogP contribution in [0.15, 0.2) is 65.2 Å². The number of amides is 2. The Labute approximate surface area is 180 Å². The fourth-order valence-electron chi connectivity index (χ4n) is 3.73. The SMILES string of the molecule is O=C(CCCc1ccccc1)N1CCN(C(=O)c2cc(-c3ccccc3F)on2)CC1. The van der Waals surface area contributed by atoms with E-state index in [4.69, 9.17) is 4.52 Å². The van der Waals surface area contributed by atoms with Crippen LogP contribution in [0.2, 0.25) is 0 Å². The summed E-state index contributed by atoms with van der Waals surface area (Å²) in [5, 5.41) is 3.82. The Balaban J connectivity index is 1.27. The topological polar surface area (TPSA) is 66.7 Å². The van der Waals surface area contributed by atoms with Gasteiger partial charge in [-0.1, -0.05) is 47.6 Å². The maximum Gasteiger partial charge on any atom is 0.276 e. The lowest BCUT2D eigenvalue weighted by molar-refractivity contribution is -0.132. The molecule has 2 heterocycles. The average molecular weight is 421 g/mol. The van der Waals surface area contributed by atoms with Gasteiger partial charge < -0.3 is 14.3 Å². The Hall–Kier alpha value is -3.48. The molecule has 0 bridgehead atoms. The number of rotatable bonds is 6. The highest BCUT2D eigenvalue weighted by Gasteiger charge is 2.27. The van der Waals surface area contributed by atoms with E-state index in [1.165, 1.54) is 17.7 Å². The van der Waals surface area contributed by atoms with E-state index in [9.17, 15) is 14.0 Å². The molecule has 3 aromatic rings. The summed E-state index contributed by atoms with van der Waals surface area (Å²) < 4.78 is 19.1. The molecule has 0 N–H and O–H groups in total. The molecule has 4 rings (SSSR count). The van der Waals surface area contributed by atoms with Gasteiger partial charge in [-0.3, -0.25) is 9.59 Å². The lowest BCUT2D eigenvalue weighted by Gasteiger charge is -2.34. The molecule has 7 heteroatoms. The Morgan fingerprint density at radius 2 is 1.61 bits per heavy atom. The maximum absolute atomic E-state index is 13.9. The zero-order valence-electron chi connectivity index (χ0n) is 17.2. The molecule has 6 nitrogen and oxygen atoms in total. The molecule has 1 saturated heterocycles. The first kappa shape index (κ1) is 20.8. The molecule has 0 spiro atoms. The predicted octanol–water partition coefficient (Wildman–Crippen LogP) is 3.79. The molecular weight excluding hydrogens is 397 g/mol. The van der Waals surface area contributed by atoms with E-state index in [1.807, 2.05) is 23.1 Å². The summed E-state index contributed by atoms with van der Waals surface area (Å²) in [6.07, 6.45) is 2.18. The van der Waals surface area contributed by atoms with E-state index in [2.05, 4.69) is 17.3 Å². The lowest BCUT2D eigenvalue weighted by Crippen LogP contribution is -2.50. The first-order chi connectivity index (χ1) is 15.1. The Morgan fingerprint density at radius 3 is 2.35 bits per heavy atom. The van der Waals surface area contributed by atoms with Crippen molar-refractivity contribution in [1.29, 1.82) is 0 Å². The van der Waals surface area contributed by atoms with Crippen LogP contribution in [0.5, 0.6) is 0 Å². The quantitative estimate of drug-likeness (QED) is 0.607. The number of aromatic nitrogens is 1. The average Bonchev–Trinajstić information content (AvgIpc) is 3.30. The summed E-state index contributed by atoms with van der Waals surface area (Å²) in [6.45, 7) is 1.86. The molecule has 31 heavy (non-hydrogen) atoms. The highest BCUT2D eigenvalue weighted by Crippen LogP contribution is 2.24. The highest BCUT2D eigenvalue weighted by molar-refractivity contribution is 5.93. The molecule has 0 atom stereocenters. The van der Waals surface area contributed by atoms with Crippen LogP contribution in [0.1, 0.15) is 28.9 Å². The minimum atomic E-state index is -0.433. The third-order valence-electron chi connectivity index (χ3n) is 5.49. The molecule has 0 aliphatic carbocycles. The van der Waals surface area contributed by atoms with Crippen molar-refractivity contribution in [2.45, 2.75) is 19.3 Å². The Morgan fingerprint density at radius 1 is 0.935 bits per heavy atom. The predicted molar refractivity (Wildman–Crippen MR) is 114 cm³/mol. The first-order valence-corrected chi connectivity index (χ1v) is 10.4. The molecule has 2 aromatic carbocycles. The Bertz CT molecular complexity index is 1040. The molecule has 0 radical (unpaired) electrons. The van der Waals surface area contributed by atoms with Crippen LogP contribution in [0, 0.1) is 5.82 Å². The van der Waals surface area contributed by atoms with Gasteiger partial charge in [0.05, 0.1) is 5.56 Å². The van der Waals surface area contributed by atoms with Crippen molar-refractivity contribution in [2.24, 2.45) is 0 Å². The summed E-state index contributed by atoms with van der Waals surface area (Å²) in [7, 11) is 0. The number of nitrogens with zero attached hydrogens (tertiary/aromatic N) is 3. The van der Waals surface area contributed by atoms with Gasteiger partial charge in [-0.05, 0) is 30.5 Å². The summed E-state index contributed by atoms with van der Waals surface area (Å²) in [6, 6.07) is 17.8. The molecule has 2 amide bonds. The van der Waals surface area contributed by atoms with E-state index in [0.29, 0.717) is 32.6 Å². The monoisotopic (exact) mass is 421 g/mol. The molecule has 160 valence electrons. The highest BCUT2D eigenvalue weighted by atomic mass is 19.1. The van der Waals surface area contributed by atoms with Crippen molar-refractivity contribution >= 4 is 11.8 Å². The molecule has 0 unspecified atom stereocenters. The fourth-order valence-corrected chi connectivity index (χ4v) is 3.73. The van der Waals surface area contributed by atoms with E-state index < -0.39 is 5.82 Å². The third-order valence-corrected chi connectivity index (χ3v) is 5.49. The van der Waals surface area contributed by atoms with Crippen LogP contribution in [-0.2, 0) is 11.2 Å². The number of carbonyl (C=O) groups excluding carboxylic acids is 2. The fraction of sp³-hybridized carbons (Fsp3) is 0.292. The first-order valence-electron chi connectivity index (χ1n) is 10.4. The van der Waals surface area contributed by atoms with Gasteiger partial charge >= 0.3 is 0 Å². The molecule has 0 saturated carbocycles. The zero-order valence-corrected chi connectivity index (χ0v) is 17.2. The van der Waals surface area contributed by atoms with Crippen molar-refractivity contribution in [3.8, 4) is 11.3 Å². The van der Waals surface area contributed by atoms with Gasteiger partial charge in [0.1, 0.15) is 5.82 Å². The number of hydrogen-bond acceptors (Lipinski definition) is 4. The summed E-state index contributed by atoms with van der Waals surface area (Å²) >= 11 is 0. The van der Waals surface area contributed by atoms with Crippen molar-refractivity contribution < 1.29 is 18.5 Å². The number of carbonyl (C=O) groups is 2. The van der Waals surface area contributed by atoms with Gasteiger partial charge in [0.2, 0.25) is 5.91 Å². The van der Waals surface area contributed by atoms with Crippen LogP contribution in [0.25, 0.3) is 11.3 Å². The lowest BCUT2D eigenvalue weighted by atomic mass is 10.1. The summed E-state index contributed by atoms with van der Waals surface area (Å²) in [5.74, 6) is -0.375. The maximum atomic E-state index is 13.9. The second-order valence-corrected chi connectivity index (χ2v) is 7.57. The van der Waals surface area contributed by atoms with E-state index >= 15 is 0 Å². The molecule has 1 fully saturated rings. The van der Waals surface area contributed by atoms with Crippen molar-refractivity contribution in [1.82, 2.24) is 15.0 Å². The van der Waals surface area contributed by atoms with Crippen LogP contribution in [-0.4, -0.2) is 52.9 Å². The number of halogens is 1. The molecule has 1 aliphatic heterocycles. The van der Waals surface area contributed by atoms with Gasteiger partial charge in [0.25, 0.3) is 5.91 Å². The minimum Gasteiger partial charge on any atom is -0.355 e. The number of piperazine rings is 1. The van der Waals surface area contributed by atoms with Crippen molar-refractivity contribution in [3.05, 3.63) is 77.7 Å². The standard InChI is InChI=1S/C24H24FN3O3/c25-20-11-5-4-10-19(20)22-17-21(26-31-22)24(30)28-15-13-27(14-16-28)23(29)12-6-9-18-7-2-1-3-8-18/h1-5,7-8,10-11,17H,6,9,12-16H2. The largest absolute Gasteiger partial charge is 0.355 e. The van der Waals surface area contributed by atoms with Gasteiger partial charge in [-0.15, -0.1) is 0 Å². The van der Waals surface area contributed by atoms with Crippen LogP contribution < -0.4 is 0 Å². The van der Waals surface area contributed by atoms with Crippen LogP contribution in [0.3, 0.4) is 0 Å². The normalized spacial score (nSPS) is 14.0. The van der Waals surface area contributed by atoms with E-state index in [-0.39, 0.29) is 28.8 Å². The minimum absolute atomic E-state index is 0.117. The molecule has 1 aliphatic rings. The number of aryl methyl sites for hydroxylation is 1. The molecule has 1 aromatic heterocycles. The van der Waals surface area contributed by atoms with Gasteiger partial charge in [0, 0.05) is 38.7 Å². The number of hydrogen-bond donors (Lipinski definition) is 0. The van der Waals surface area contributed by atoms with E-state index in [0.717, 1.165) is 12.8 Å². The second kappa shape index (κ2) is 9.55. The summed E-state index contributed by atoms with van der Waals surface area (Å²) in [5.41, 5.74) is 1.63. The van der Waals surface area contributed by atoms with Gasteiger partial charge in [-0.2, -0.15) is 0 Å². The Kier molecular flexibility index (Phi) is 6.40. The molecular formula is C24H24FN3O3. The van der Waals surface area contributed by atoms with Crippen LogP contribution in [0.4, 0.5) is 4.39 Å². The zero-order chi connectivity index (χ0) is 21.6.